The molecule has 1 heterocycles. The third kappa shape index (κ3) is 4.13. The number of nitrogens with two attached hydrogens (primary N) is 1. The molecule has 0 aliphatic carbocycles. The summed E-state index contributed by atoms with van der Waals surface area (Å²) in [4.78, 5) is 22.0. The molecule has 1 rings (SSSR count). The van der Waals surface area contributed by atoms with Crippen LogP contribution in [0.15, 0.2) is 6.20 Å². The summed E-state index contributed by atoms with van der Waals surface area (Å²) >= 11 is 0. The fraction of sp³-hybridized carbons (Fsp3) is 0.600. The lowest BCUT2D eigenvalue weighted by atomic mass is 10.2. The van der Waals surface area contributed by atoms with Gasteiger partial charge in [0, 0.05) is 6.54 Å². The Bertz CT molecular complexity index is 417. The highest BCUT2D eigenvalue weighted by atomic mass is 16.4. The number of carbonyl (C=O) groups excluding carboxylic acids is 1. The van der Waals surface area contributed by atoms with Crippen molar-refractivity contribution in [1.82, 2.24) is 20.3 Å². The van der Waals surface area contributed by atoms with Crippen molar-refractivity contribution < 1.29 is 14.7 Å². The van der Waals surface area contributed by atoms with E-state index in [1.807, 2.05) is 6.92 Å². The molecule has 0 aromatic carbocycles. The molecular weight excluding hydrogens is 238 g/mol. The number of nitrogens with one attached hydrogen (secondary N) is 1. The van der Waals surface area contributed by atoms with Gasteiger partial charge in [0.2, 0.25) is 5.91 Å². The highest BCUT2D eigenvalue weighted by molar-refractivity contribution is 5.84. The van der Waals surface area contributed by atoms with Crippen LogP contribution in [0.4, 0.5) is 0 Å². The first-order valence-electron chi connectivity index (χ1n) is 5.71. The summed E-state index contributed by atoms with van der Waals surface area (Å²) < 4.78 is 1.36. The number of carbonyl (C=O) groups is 2. The Morgan fingerprint density at radius 2 is 2.33 bits per heavy atom. The van der Waals surface area contributed by atoms with Crippen molar-refractivity contribution in [2.24, 2.45) is 5.73 Å². The third-order valence-corrected chi connectivity index (χ3v) is 2.33. The standard InChI is InChI=1S/C10H17N5O3/c1-2-3-7(11)9(16)12-4-5-15-6-8(10(17)18)13-14-15/h6-7H,2-5,11H2,1H3,(H,12,16)(H,17,18). The molecule has 0 saturated heterocycles. The lowest BCUT2D eigenvalue weighted by Gasteiger charge is -2.10. The van der Waals surface area contributed by atoms with E-state index >= 15 is 0 Å². The predicted molar refractivity (Wildman–Crippen MR) is 62.9 cm³/mol. The Morgan fingerprint density at radius 3 is 2.89 bits per heavy atom. The van der Waals surface area contributed by atoms with Crippen LogP contribution in [0.1, 0.15) is 30.3 Å². The first-order valence-corrected chi connectivity index (χ1v) is 5.71. The van der Waals surface area contributed by atoms with Gasteiger partial charge >= 0.3 is 5.97 Å². The lowest BCUT2D eigenvalue weighted by Crippen LogP contribution is -2.41. The Balaban J connectivity index is 2.32. The minimum atomic E-state index is -1.13. The summed E-state index contributed by atoms with van der Waals surface area (Å²) in [6, 6.07) is -0.500. The van der Waals surface area contributed by atoms with E-state index in [0.29, 0.717) is 19.5 Å². The normalized spacial score (nSPS) is 12.1. The molecule has 1 amide bonds. The fourth-order valence-electron chi connectivity index (χ4n) is 1.37. The van der Waals surface area contributed by atoms with Crippen LogP contribution < -0.4 is 11.1 Å². The van der Waals surface area contributed by atoms with E-state index in [4.69, 9.17) is 10.8 Å². The van der Waals surface area contributed by atoms with Crippen molar-refractivity contribution in [1.29, 1.82) is 0 Å². The quantitative estimate of drug-likeness (QED) is 0.587. The van der Waals surface area contributed by atoms with Crippen molar-refractivity contribution in [2.45, 2.75) is 32.4 Å². The molecule has 0 saturated carbocycles. The second kappa shape index (κ2) is 6.70. The molecule has 18 heavy (non-hydrogen) atoms. The molecule has 0 aliphatic heterocycles. The van der Waals surface area contributed by atoms with Crippen LogP contribution >= 0.6 is 0 Å². The average molecular weight is 255 g/mol. The molecule has 0 fully saturated rings. The zero-order valence-electron chi connectivity index (χ0n) is 10.2. The van der Waals surface area contributed by atoms with E-state index in [0.717, 1.165) is 6.42 Å². The van der Waals surface area contributed by atoms with Crippen LogP contribution in [-0.4, -0.2) is 44.6 Å². The van der Waals surface area contributed by atoms with Crippen molar-refractivity contribution in [2.75, 3.05) is 6.54 Å². The molecule has 0 radical (unpaired) electrons. The van der Waals surface area contributed by atoms with Gasteiger partial charge in [0.15, 0.2) is 5.69 Å². The third-order valence-electron chi connectivity index (χ3n) is 2.33. The number of carboxylic acid groups (broad SMARTS) is 1. The van der Waals surface area contributed by atoms with E-state index < -0.39 is 12.0 Å². The first kappa shape index (κ1) is 14.1. The number of aromatic nitrogens is 3. The monoisotopic (exact) mass is 255 g/mol. The SMILES string of the molecule is CCCC(N)C(=O)NCCn1cc(C(=O)O)nn1. The number of hydrogen-bond acceptors (Lipinski definition) is 5. The number of nitrogens with zero attached hydrogens (tertiary/aromatic N) is 3. The lowest BCUT2D eigenvalue weighted by molar-refractivity contribution is -0.122. The molecule has 0 bridgehead atoms. The van der Waals surface area contributed by atoms with Gasteiger partial charge in [-0.25, -0.2) is 9.48 Å². The van der Waals surface area contributed by atoms with Gasteiger partial charge in [0.1, 0.15) is 0 Å². The minimum Gasteiger partial charge on any atom is -0.476 e. The molecule has 1 atom stereocenters. The number of rotatable bonds is 7. The van der Waals surface area contributed by atoms with Crippen molar-refractivity contribution in [3.8, 4) is 0 Å². The van der Waals surface area contributed by atoms with Crippen molar-refractivity contribution >= 4 is 11.9 Å². The van der Waals surface area contributed by atoms with Crippen LogP contribution in [0, 0.1) is 0 Å². The number of hydrogen-bond donors (Lipinski definition) is 3. The number of amides is 1. The summed E-state index contributed by atoms with van der Waals surface area (Å²) in [5, 5.41) is 18.4. The zero-order valence-corrected chi connectivity index (χ0v) is 10.2. The van der Waals surface area contributed by atoms with Gasteiger partial charge < -0.3 is 16.2 Å². The van der Waals surface area contributed by atoms with Crippen LogP contribution in [0.5, 0.6) is 0 Å². The van der Waals surface area contributed by atoms with Crippen molar-refractivity contribution in [3.63, 3.8) is 0 Å². The van der Waals surface area contributed by atoms with Crippen LogP contribution in [0.25, 0.3) is 0 Å². The maximum absolute atomic E-state index is 11.5. The molecule has 0 aliphatic rings. The Labute approximate surface area is 104 Å². The van der Waals surface area contributed by atoms with Gasteiger partial charge in [-0.1, -0.05) is 18.6 Å². The molecule has 1 unspecified atom stereocenters. The first-order chi connectivity index (χ1) is 8.54. The Hall–Kier alpha value is -1.96. The second-order valence-corrected chi connectivity index (χ2v) is 3.86. The fourth-order valence-corrected chi connectivity index (χ4v) is 1.37. The largest absolute Gasteiger partial charge is 0.476 e. The maximum Gasteiger partial charge on any atom is 0.358 e. The molecule has 1 aromatic rings. The van der Waals surface area contributed by atoms with Gasteiger partial charge in [-0.2, -0.15) is 0 Å². The zero-order chi connectivity index (χ0) is 13.5. The molecular formula is C10H17N5O3. The highest BCUT2D eigenvalue weighted by Crippen LogP contribution is 1.94. The summed E-state index contributed by atoms with van der Waals surface area (Å²) in [6.07, 6.45) is 2.79. The predicted octanol–water partition coefficient (Wildman–Crippen LogP) is -0.780. The molecule has 100 valence electrons. The van der Waals surface area contributed by atoms with E-state index in [1.165, 1.54) is 10.9 Å². The van der Waals surface area contributed by atoms with Gasteiger partial charge in [-0.15, -0.1) is 5.10 Å². The van der Waals surface area contributed by atoms with Crippen LogP contribution in [-0.2, 0) is 11.3 Å². The summed E-state index contributed by atoms with van der Waals surface area (Å²) in [5.74, 6) is -1.34. The molecule has 4 N–H and O–H groups in total. The summed E-state index contributed by atoms with van der Waals surface area (Å²) in [7, 11) is 0. The molecule has 8 nitrogen and oxygen atoms in total. The number of aromatic carboxylic acids is 1. The minimum absolute atomic E-state index is 0.121. The topological polar surface area (TPSA) is 123 Å². The van der Waals surface area contributed by atoms with Crippen molar-refractivity contribution in [3.05, 3.63) is 11.9 Å². The van der Waals surface area contributed by atoms with E-state index in [-0.39, 0.29) is 11.6 Å². The van der Waals surface area contributed by atoms with Crippen LogP contribution in [0.3, 0.4) is 0 Å². The highest BCUT2D eigenvalue weighted by Gasteiger charge is 2.12. The molecule has 1 aromatic heterocycles. The van der Waals surface area contributed by atoms with Crippen LogP contribution in [0.2, 0.25) is 0 Å². The summed E-state index contributed by atoms with van der Waals surface area (Å²) in [6.45, 7) is 2.64. The van der Waals surface area contributed by atoms with Gasteiger partial charge in [0.25, 0.3) is 0 Å². The molecule has 8 heteroatoms. The Morgan fingerprint density at radius 1 is 1.61 bits per heavy atom. The van der Waals surface area contributed by atoms with E-state index in [1.54, 1.807) is 0 Å². The maximum atomic E-state index is 11.5. The smallest absolute Gasteiger partial charge is 0.358 e. The van der Waals surface area contributed by atoms with Gasteiger partial charge in [-0.05, 0) is 6.42 Å². The van der Waals surface area contributed by atoms with Gasteiger partial charge in [-0.3, -0.25) is 4.79 Å². The van der Waals surface area contributed by atoms with Gasteiger partial charge in [0.05, 0.1) is 18.8 Å². The molecule has 0 spiro atoms. The number of carboxylic acids is 1. The van der Waals surface area contributed by atoms with E-state index in [9.17, 15) is 9.59 Å². The Kier molecular flexibility index (Phi) is 5.25. The average Bonchev–Trinajstić information content (AvgIpc) is 2.78. The second-order valence-electron chi connectivity index (χ2n) is 3.86. The van der Waals surface area contributed by atoms with E-state index in [2.05, 4.69) is 15.6 Å². The summed E-state index contributed by atoms with van der Waals surface area (Å²) in [5.41, 5.74) is 5.51.